The van der Waals surface area contributed by atoms with Gasteiger partial charge in [-0.3, -0.25) is 4.79 Å². The van der Waals surface area contributed by atoms with Gasteiger partial charge in [0.2, 0.25) is 0 Å². The molecule has 2 heterocycles. The van der Waals surface area contributed by atoms with Crippen LogP contribution in [0.4, 0.5) is 5.69 Å². The highest BCUT2D eigenvalue weighted by Crippen LogP contribution is 2.25. The molecule has 1 N–H and O–H groups in total. The Bertz CT molecular complexity index is 803. The molecule has 2 aliphatic heterocycles. The molecule has 3 aliphatic rings. The molecule has 0 fully saturated rings. The zero-order valence-electron chi connectivity index (χ0n) is 12.9. The quantitative estimate of drug-likeness (QED) is 0.912. The lowest BCUT2D eigenvalue weighted by molar-refractivity contribution is -0.112. The van der Waals surface area contributed by atoms with Gasteiger partial charge in [0.1, 0.15) is 5.70 Å². The first-order valence-electron chi connectivity index (χ1n) is 7.69. The molecule has 1 aromatic carbocycles. The summed E-state index contributed by atoms with van der Waals surface area (Å²) in [4.78, 5) is 14.7. The van der Waals surface area contributed by atoms with Gasteiger partial charge in [-0.05, 0) is 48.0 Å². The molecule has 1 aromatic rings. The minimum atomic E-state index is -0.0981. The van der Waals surface area contributed by atoms with Gasteiger partial charge in [-0.1, -0.05) is 12.1 Å². The van der Waals surface area contributed by atoms with Gasteiger partial charge in [-0.15, -0.1) is 10.2 Å². The highest BCUT2D eigenvalue weighted by Gasteiger charge is 2.22. The van der Waals surface area contributed by atoms with E-state index >= 15 is 0 Å². The van der Waals surface area contributed by atoms with E-state index in [1.54, 1.807) is 12.2 Å². The molecule has 0 unspecified atom stereocenters. The number of nitrogens with zero attached hydrogens (tertiary/aromatic N) is 4. The number of hydrogen-bond acceptors (Lipinski definition) is 5. The van der Waals surface area contributed by atoms with Crippen molar-refractivity contribution in [2.24, 2.45) is 15.4 Å². The summed E-state index contributed by atoms with van der Waals surface area (Å²) in [5.41, 5.74) is 5.67. The van der Waals surface area contributed by atoms with Gasteiger partial charge in [0.15, 0.2) is 0 Å². The van der Waals surface area contributed by atoms with E-state index in [1.807, 2.05) is 6.07 Å². The maximum absolute atomic E-state index is 12.5. The summed E-state index contributed by atoms with van der Waals surface area (Å²) in [5, 5.41) is 14.5. The van der Waals surface area contributed by atoms with Gasteiger partial charge >= 0.3 is 0 Å². The third kappa shape index (κ3) is 2.73. The number of fused-ring (bicyclic) bond motifs is 2. The average molecular weight is 307 g/mol. The first-order valence-corrected chi connectivity index (χ1v) is 7.69. The SMILES string of the molecule is CN1CCc2ccc(NC(=O)C3=CC=C4N=NN=C4C3)cc2C1. The average Bonchev–Trinajstić information content (AvgIpc) is 3.02. The molecule has 1 aliphatic carbocycles. The summed E-state index contributed by atoms with van der Waals surface area (Å²) < 4.78 is 0. The van der Waals surface area contributed by atoms with Crippen LogP contribution in [0.2, 0.25) is 0 Å². The molecule has 0 bridgehead atoms. The van der Waals surface area contributed by atoms with E-state index in [-0.39, 0.29) is 5.91 Å². The number of benzene rings is 1. The molecule has 6 nitrogen and oxygen atoms in total. The number of allylic oxidation sites excluding steroid dienone is 3. The van der Waals surface area contributed by atoms with Crippen molar-refractivity contribution in [1.82, 2.24) is 4.90 Å². The number of carbonyl (C=O) groups is 1. The smallest absolute Gasteiger partial charge is 0.251 e. The van der Waals surface area contributed by atoms with Gasteiger partial charge in [0, 0.05) is 30.8 Å². The van der Waals surface area contributed by atoms with Crippen LogP contribution in [0, 0.1) is 0 Å². The molecular formula is C17H17N5O. The molecule has 0 saturated carbocycles. The summed E-state index contributed by atoms with van der Waals surface area (Å²) in [6.07, 6.45) is 5.11. The van der Waals surface area contributed by atoms with Crippen molar-refractivity contribution in [2.75, 3.05) is 18.9 Å². The van der Waals surface area contributed by atoms with Crippen molar-refractivity contribution in [3.05, 3.63) is 52.7 Å². The van der Waals surface area contributed by atoms with Crippen LogP contribution in [0.3, 0.4) is 0 Å². The molecule has 4 rings (SSSR count). The Kier molecular flexibility index (Phi) is 3.38. The molecule has 0 saturated heterocycles. The monoisotopic (exact) mass is 307 g/mol. The lowest BCUT2D eigenvalue weighted by Crippen LogP contribution is -2.26. The number of nitrogens with one attached hydrogen (secondary N) is 1. The Labute approximate surface area is 134 Å². The van der Waals surface area contributed by atoms with Crippen molar-refractivity contribution < 1.29 is 4.79 Å². The van der Waals surface area contributed by atoms with Crippen LogP contribution >= 0.6 is 0 Å². The lowest BCUT2D eigenvalue weighted by Gasteiger charge is -2.25. The predicted molar refractivity (Wildman–Crippen MR) is 88.2 cm³/mol. The molecule has 1 amide bonds. The maximum Gasteiger partial charge on any atom is 0.251 e. The first-order chi connectivity index (χ1) is 11.2. The third-order valence-corrected chi connectivity index (χ3v) is 4.37. The highest BCUT2D eigenvalue weighted by atomic mass is 16.1. The largest absolute Gasteiger partial charge is 0.322 e. The molecule has 0 radical (unpaired) electrons. The van der Waals surface area contributed by atoms with Gasteiger partial charge in [-0.25, -0.2) is 0 Å². The number of anilines is 1. The van der Waals surface area contributed by atoms with Gasteiger partial charge in [-0.2, -0.15) is 0 Å². The van der Waals surface area contributed by atoms with Gasteiger partial charge < -0.3 is 10.2 Å². The molecule has 23 heavy (non-hydrogen) atoms. The van der Waals surface area contributed by atoms with Crippen LogP contribution in [-0.4, -0.2) is 30.1 Å². The molecule has 0 atom stereocenters. The normalized spacial score (nSPS) is 19.4. The summed E-state index contributed by atoms with van der Waals surface area (Å²) in [7, 11) is 2.11. The van der Waals surface area contributed by atoms with Crippen LogP contribution in [0.1, 0.15) is 17.5 Å². The predicted octanol–water partition coefficient (Wildman–Crippen LogP) is 2.65. The summed E-state index contributed by atoms with van der Waals surface area (Å²) in [6, 6.07) is 6.17. The Hall–Kier alpha value is -2.60. The third-order valence-electron chi connectivity index (χ3n) is 4.37. The number of rotatable bonds is 2. The molecule has 0 spiro atoms. The zero-order chi connectivity index (χ0) is 15.8. The standard InChI is InChI=1S/C17H17N5O/c1-22-7-6-11-2-4-14(8-13(11)10-22)18-17(23)12-3-5-15-16(9-12)20-21-19-15/h2-5,8H,6-7,9-10H2,1H3,(H,18,23). The van der Waals surface area contributed by atoms with Crippen LogP contribution in [0.25, 0.3) is 0 Å². The molecule has 116 valence electrons. The van der Waals surface area contributed by atoms with Gasteiger partial charge in [0.25, 0.3) is 5.91 Å². The van der Waals surface area contributed by atoms with E-state index in [1.165, 1.54) is 11.1 Å². The van der Waals surface area contributed by atoms with Crippen LogP contribution in [0.5, 0.6) is 0 Å². The van der Waals surface area contributed by atoms with Crippen LogP contribution in [0.15, 0.2) is 57.1 Å². The topological polar surface area (TPSA) is 69.4 Å². The van der Waals surface area contributed by atoms with E-state index in [4.69, 9.17) is 0 Å². The number of hydrogen-bond donors (Lipinski definition) is 1. The van der Waals surface area contributed by atoms with Crippen molar-refractivity contribution in [1.29, 1.82) is 0 Å². The Morgan fingerprint density at radius 1 is 1.26 bits per heavy atom. The second-order valence-corrected chi connectivity index (χ2v) is 6.08. The fourth-order valence-electron chi connectivity index (χ4n) is 3.05. The van der Waals surface area contributed by atoms with Crippen molar-refractivity contribution in [3.63, 3.8) is 0 Å². The van der Waals surface area contributed by atoms with Crippen LogP contribution in [-0.2, 0) is 17.8 Å². The number of carbonyl (C=O) groups excluding carboxylic acids is 1. The molecule has 0 aromatic heterocycles. The van der Waals surface area contributed by atoms with Gasteiger partial charge in [0.05, 0.1) is 5.71 Å². The minimum absolute atomic E-state index is 0.0981. The number of amides is 1. The van der Waals surface area contributed by atoms with Crippen LogP contribution < -0.4 is 5.32 Å². The molecule has 6 heteroatoms. The fourth-order valence-corrected chi connectivity index (χ4v) is 3.05. The summed E-state index contributed by atoms with van der Waals surface area (Å²) in [6.45, 7) is 2.01. The summed E-state index contributed by atoms with van der Waals surface area (Å²) in [5.74, 6) is -0.0981. The first kappa shape index (κ1) is 14.0. The second-order valence-electron chi connectivity index (χ2n) is 6.08. The molecular weight excluding hydrogens is 290 g/mol. The van der Waals surface area contributed by atoms with E-state index in [9.17, 15) is 4.79 Å². The van der Waals surface area contributed by atoms with E-state index in [0.29, 0.717) is 12.0 Å². The Morgan fingerprint density at radius 3 is 3.09 bits per heavy atom. The zero-order valence-corrected chi connectivity index (χ0v) is 12.9. The highest BCUT2D eigenvalue weighted by molar-refractivity contribution is 6.13. The number of likely N-dealkylation sites (N-methyl/N-ethyl adjacent to an activating group) is 1. The van der Waals surface area contributed by atoms with Crippen molar-refractivity contribution in [2.45, 2.75) is 19.4 Å². The van der Waals surface area contributed by atoms with E-state index < -0.39 is 0 Å². The maximum atomic E-state index is 12.5. The Morgan fingerprint density at radius 2 is 2.17 bits per heavy atom. The van der Waals surface area contributed by atoms with E-state index in [0.717, 1.165) is 36.6 Å². The Balaban J connectivity index is 1.50. The van der Waals surface area contributed by atoms with Crippen molar-refractivity contribution in [3.8, 4) is 0 Å². The fraction of sp³-hybridized carbons (Fsp3) is 0.294. The van der Waals surface area contributed by atoms with Crippen molar-refractivity contribution >= 4 is 17.3 Å². The minimum Gasteiger partial charge on any atom is -0.322 e. The summed E-state index contributed by atoms with van der Waals surface area (Å²) >= 11 is 0. The second kappa shape index (κ2) is 5.55. The lowest BCUT2D eigenvalue weighted by atomic mass is 9.98. The van der Waals surface area contributed by atoms with E-state index in [2.05, 4.69) is 44.8 Å².